The number of nitrogens with one attached hydrogen (secondary N) is 1. The van der Waals surface area contributed by atoms with E-state index in [4.69, 9.17) is 0 Å². The third kappa shape index (κ3) is 3.59. The van der Waals surface area contributed by atoms with Crippen molar-refractivity contribution in [2.24, 2.45) is 0 Å². The molecule has 2 heterocycles. The van der Waals surface area contributed by atoms with E-state index in [1.165, 1.54) is 32.1 Å². The Morgan fingerprint density at radius 2 is 1.81 bits per heavy atom. The van der Waals surface area contributed by atoms with Crippen LogP contribution < -0.4 is 5.32 Å². The Bertz CT molecular complexity index is 574. The quantitative estimate of drug-likeness (QED) is 0.932. The van der Waals surface area contributed by atoms with Gasteiger partial charge in [0.25, 0.3) is 0 Å². The van der Waals surface area contributed by atoms with Crippen LogP contribution in [0, 0.1) is 6.92 Å². The van der Waals surface area contributed by atoms with Crippen LogP contribution in [0.25, 0.3) is 0 Å². The van der Waals surface area contributed by atoms with Crippen LogP contribution in [-0.4, -0.2) is 35.5 Å². The molecule has 3 rings (SSSR count). The van der Waals surface area contributed by atoms with Crippen molar-refractivity contribution in [2.45, 2.75) is 64.0 Å². The largest absolute Gasteiger partial charge is 0.353 e. The van der Waals surface area contributed by atoms with Crippen LogP contribution in [0.2, 0.25) is 0 Å². The third-order valence-corrected chi connectivity index (χ3v) is 6.42. The number of aryl methyl sites for hydroxylation is 1. The number of sulfone groups is 1. The van der Waals surface area contributed by atoms with Crippen molar-refractivity contribution in [2.75, 3.05) is 16.8 Å². The first-order chi connectivity index (χ1) is 10.0. The topological polar surface area (TPSA) is 64.0 Å². The van der Waals surface area contributed by atoms with Crippen LogP contribution in [0.4, 0.5) is 5.95 Å². The normalized spacial score (nSPS) is 24.0. The van der Waals surface area contributed by atoms with Crippen molar-refractivity contribution in [3.8, 4) is 0 Å². The number of anilines is 1. The van der Waals surface area contributed by atoms with Gasteiger partial charge < -0.3 is 9.88 Å². The van der Waals surface area contributed by atoms with Gasteiger partial charge in [-0.3, -0.25) is 0 Å². The van der Waals surface area contributed by atoms with Crippen molar-refractivity contribution in [3.63, 3.8) is 0 Å². The lowest BCUT2D eigenvalue weighted by molar-refractivity contribution is 0.436. The number of imidazole rings is 1. The molecule has 0 aromatic carbocycles. The molecule has 6 heteroatoms. The minimum Gasteiger partial charge on any atom is -0.353 e. The summed E-state index contributed by atoms with van der Waals surface area (Å²) in [6.45, 7) is 2.00. The standard InChI is InChI=1S/C15H25N3O2S/c1-12-11-18(14-7-9-21(19,20)10-8-14)15(16-12)17-13-5-3-2-4-6-13/h11,13-14H,2-10H2,1H3,(H,16,17). The Labute approximate surface area is 127 Å². The summed E-state index contributed by atoms with van der Waals surface area (Å²) in [5.41, 5.74) is 1.00. The van der Waals surface area contributed by atoms with Gasteiger partial charge >= 0.3 is 0 Å². The zero-order valence-corrected chi connectivity index (χ0v) is 13.5. The summed E-state index contributed by atoms with van der Waals surface area (Å²) in [6, 6.07) is 0.785. The van der Waals surface area contributed by atoms with E-state index in [-0.39, 0.29) is 6.04 Å². The first kappa shape index (κ1) is 14.9. The highest BCUT2D eigenvalue weighted by atomic mass is 32.2. The molecule has 1 saturated carbocycles. The van der Waals surface area contributed by atoms with Gasteiger partial charge in [0.15, 0.2) is 0 Å². The lowest BCUT2D eigenvalue weighted by Gasteiger charge is -2.28. The van der Waals surface area contributed by atoms with Crippen molar-refractivity contribution < 1.29 is 8.42 Å². The maximum Gasteiger partial charge on any atom is 0.203 e. The Kier molecular flexibility index (Phi) is 4.24. The van der Waals surface area contributed by atoms with Crippen molar-refractivity contribution in [3.05, 3.63) is 11.9 Å². The molecule has 0 spiro atoms. The molecular formula is C15H25N3O2S. The van der Waals surface area contributed by atoms with Crippen molar-refractivity contribution >= 4 is 15.8 Å². The molecule has 21 heavy (non-hydrogen) atoms. The minimum atomic E-state index is -2.81. The molecule has 0 amide bonds. The van der Waals surface area contributed by atoms with Crippen LogP contribution in [0.3, 0.4) is 0 Å². The molecule has 1 aromatic heterocycles. The number of hydrogen-bond donors (Lipinski definition) is 1. The zero-order valence-electron chi connectivity index (χ0n) is 12.7. The van der Waals surface area contributed by atoms with E-state index in [1.54, 1.807) is 0 Å². The van der Waals surface area contributed by atoms with E-state index in [2.05, 4.69) is 21.1 Å². The van der Waals surface area contributed by atoms with E-state index in [1.807, 2.05) is 6.92 Å². The average Bonchev–Trinajstić information content (AvgIpc) is 2.81. The van der Waals surface area contributed by atoms with Crippen LogP contribution in [0.5, 0.6) is 0 Å². The molecule has 118 valence electrons. The number of rotatable bonds is 3. The maximum atomic E-state index is 11.6. The number of nitrogens with zero attached hydrogens (tertiary/aromatic N) is 2. The molecule has 2 fully saturated rings. The molecule has 2 aliphatic rings. The molecule has 0 atom stereocenters. The molecular weight excluding hydrogens is 286 g/mol. The van der Waals surface area contributed by atoms with Gasteiger partial charge in [0, 0.05) is 18.3 Å². The Morgan fingerprint density at radius 1 is 1.14 bits per heavy atom. The molecule has 1 aromatic rings. The molecule has 1 aliphatic heterocycles. The second kappa shape index (κ2) is 5.99. The summed E-state index contributed by atoms with van der Waals surface area (Å²) in [7, 11) is -2.81. The first-order valence-corrected chi connectivity index (χ1v) is 9.88. The molecule has 1 saturated heterocycles. The fourth-order valence-corrected chi connectivity index (χ4v) is 4.95. The van der Waals surface area contributed by atoms with E-state index in [9.17, 15) is 8.42 Å². The number of aromatic nitrogens is 2. The monoisotopic (exact) mass is 311 g/mol. The minimum absolute atomic E-state index is 0.265. The summed E-state index contributed by atoms with van der Waals surface area (Å²) in [6.07, 6.45) is 9.82. The van der Waals surface area contributed by atoms with Crippen LogP contribution in [0.1, 0.15) is 56.7 Å². The van der Waals surface area contributed by atoms with E-state index >= 15 is 0 Å². The maximum absolute atomic E-state index is 11.6. The average molecular weight is 311 g/mol. The highest BCUT2D eigenvalue weighted by Crippen LogP contribution is 2.29. The van der Waals surface area contributed by atoms with E-state index in [0.29, 0.717) is 30.4 Å². The second-order valence-corrected chi connectivity index (χ2v) is 8.78. The van der Waals surface area contributed by atoms with Crippen molar-refractivity contribution in [1.82, 2.24) is 9.55 Å². The van der Waals surface area contributed by atoms with Gasteiger partial charge in [-0.05, 0) is 32.6 Å². The Hall–Kier alpha value is -1.04. The molecule has 5 nitrogen and oxygen atoms in total. The van der Waals surface area contributed by atoms with Gasteiger partial charge in [0.1, 0.15) is 9.84 Å². The van der Waals surface area contributed by atoms with Gasteiger partial charge in [-0.25, -0.2) is 13.4 Å². The van der Waals surface area contributed by atoms with Crippen molar-refractivity contribution in [1.29, 1.82) is 0 Å². The van der Waals surface area contributed by atoms with Crippen LogP contribution in [-0.2, 0) is 9.84 Å². The third-order valence-electron chi connectivity index (χ3n) is 4.71. The van der Waals surface area contributed by atoms with Crippen LogP contribution in [0.15, 0.2) is 6.20 Å². The first-order valence-electron chi connectivity index (χ1n) is 8.06. The lowest BCUT2D eigenvalue weighted by atomic mass is 9.96. The highest BCUT2D eigenvalue weighted by Gasteiger charge is 2.27. The summed E-state index contributed by atoms with van der Waals surface area (Å²) in [5, 5.41) is 3.59. The highest BCUT2D eigenvalue weighted by molar-refractivity contribution is 7.91. The second-order valence-electron chi connectivity index (χ2n) is 6.48. The number of hydrogen-bond acceptors (Lipinski definition) is 4. The summed E-state index contributed by atoms with van der Waals surface area (Å²) in [5.74, 6) is 1.54. The fourth-order valence-electron chi connectivity index (χ4n) is 3.49. The van der Waals surface area contributed by atoms with E-state index < -0.39 is 9.84 Å². The predicted octanol–water partition coefficient (Wildman–Crippen LogP) is 2.69. The molecule has 0 unspecified atom stereocenters. The predicted molar refractivity (Wildman–Crippen MR) is 84.4 cm³/mol. The summed E-state index contributed by atoms with van der Waals surface area (Å²) >= 11 is 0. The van der Waals surface area contributed by atoms with Gasteiger partial charge in [0.05, 0.1) is 17.2 Å². The van der Waals surface area contributed by atoms with Crippen LogP contribution >= 0.6 is 0 Å². The van der Waals surface area contributed by atoms with Gasteiger partial charge in [-0.1, -0.05) is 19.3 Å². The lowest BCUT2D eigenvalue weighted by Crippen LogP contribution is -2.28. The Morgan fingerprint density at radius 3 is 2.48 bits per heavy atom. The summed E-state index contributed by atoms with van der Waals surface area (Å²) < 4.78 is 25.4. The van der Waals surface area contributed by atoms with Gasteiger partial charge in [-0.2, -0.15) is 0 Å². The van der Waals surface area contributed by atoms with E-state index in [0.717, 1.165) is 11.6 Å². The smallest absolute Gasteiger partial charge is 0.203 e. The fraction of sp³-hybridized carbons (Fsp3) is 0.800. The molecule has 1 N–H and O–H groups in total. The zero-order chi connectivity index (χ0) is 14.9. The molecule has 0 bridgehead atoms. The molecule has 1 aliphatic carbocycles. The Balaban J connectivity index is 1.73. The SMILES string of the molecule is Cc1cn(C2CCS(=O)(=O)CC2)c(NC2CCCCC2)n1. The molecule has 0 radical (unpaired) electrons. The van der Waals surface area contributed by atoms with Gasteiger partial charge in [-0.15, -0.1) is 0 Å². The van der Waals surface area contributed by atoms with Gasteiger partial charge in [0.2, 0.25) is 5.95 Å². The summed E-state index contributed by atoms with van der Waals surface area (Å²) in [4.78, 5) is 4.62.